The van der Waals surface area contributed by atoms with Crippen molar-refractivity contribution < 1.29 is 14.3 Å². The summed E-state index contributed by atoms with van der Waals surface area (Å²) in [4.78, 5) is 26.9. The molecule has 0 heterocycles. The highest BCUT2D eigenvalue weighted by atomic mass is 79.9. The maximum atomic E-state index is 13.0. The van der Waals surface area contributed by atoms with E-state index < -0.39 is 6.04 Å². The predicted molar refractivity (Wildman–Crippen MR) is 120 cm³/mol. The number of rotatable bonds is 8. The maximum absolute atomic E-state index is 13.0. The Labute approximate surface area is 189 Å². The number of carbonyl (C=O) groups is 2. The topological polar surface area (TPSA) is 58.6 Å². The Morgan fingerprint density at radius 2 is 1.93 bits per heavy atom. The van der Waals surface area contributed by atoms with Crippen molar-refractivity contribution in [3.63, 3.8) is 0 Å². The van der Waals surface area contributed by atoms with E-state index >= 15 is 0 Å². The molecule has 1 atom stereocenters. The van der Waals surface area contributed by atoms with E-state index in [2.05, 4.69) is 21.2 Å². The summed E-state index contributed by atoms with van der Waals surface area (Å²) in [5, 5.41) is 3.56. The standard InChI is InChI=1S/C21H23BrCl2N2O3/c1-4-19(21(28)25-3)26(11-14-5-6-15(23)10-18(14)24)20(27)12-29-16-7-8-17(22)13(2)9-16/h5-10,19H,4,11-12H2,1-3H3,(H,25,28)/t19-/m0/s1. The summed E-state index contributed by atoms with van der Waals surface area (Å²) in [6.07, 6.45) is 0.452. The molecule has 29 heavy (non-hydrogen) atoms. The van der Waals surface area contributed by atoms with Crippen LogP contribution >= 0.6 is 39.1 Å². The number of likely N-dealkylation sites (N-methyl/N-ethyl adjacent to an activating group) is 1. The van der Waals surface area contributed by atoms with Crippen LogP contribution in [-0.4, -0.2) is 36.4 Å². The molecule has 0 saturated heterocycles. The van der Waals surface area contributed by atoms with Crippen LogP contribution in [0.1, 0.15) is 24.5 Å². The Morgan fingerprint density at radius 1 is 1.21 bits per heavy atom. The average Bonchev–Trinajstić information content (AvgIpc) is 2.69. The molecule has 0 aliphatic carbocycles. The quantitative estimate of drug-likeness (QED) is 0.553. The second-order valence-corrected chi connectivity index (χ2v) is 8.19. The van der Waals surface area contributed by atoms with Gasteiger partial charge < -0.3 is 15.0 Å². The van der Waals surface area contributed by atoms with E-state index in [1.165, 1.54) is 4.90 Å². The molecule has 0 aliphatic rings. The molecule has 2 aromatic carbocycles. The van der Waals surface area contributed by atoms with Crippen LogP contribution in [0.3, 0.4) is 0 Å². The van der Waals surface area contributed by atoms with E-state index in [0.717, 1.165) is 10.0 Å². The van der Waals surface area contributed by atoms with Gasteiger partial charge in [-0.3, -0.25) is 9.59 Å². The average molecular weight is 502 g/mol. The Bertz CT molecular complexity index is 892. The molecule has 2 aromatic rings. The zero-order chi connectivity index (χ0) is 21.6. The predicted octanol–water partition coefficient (Wildman–Crippen LogP) is 5.00. The van der Waals surface area contributed by atoms with Crippen molar-refractivity contribution in [2.75, 3.05) is 13.7 Å². The number of amides is 2. The molecule has 1 N–H and O–H groups in total. The second kappa shape index (κ2) is 10.9. The molecule has 0 aliphatic heterocycles. The van der Waals surface area contributed by atoms with Crippen molar-refractivity contribution in [1.82, 2.24) is 10.2 Å². The first kappa shape index (κ1) is 23.5. The van der Waals surface area contributed by atoms with E-state index in [9.17, 15) is 9.59 Å². The van der Waals surface area contributed by atoms with Crippen molar-refractivity contribution in [2.45, 2.75) is 32.9 Å². The Morgan fingerprint density at radius 3 is 2.52 bits per heavy atom. The molecular weight excluding hydrogens is 479 g/mol. The number of halogens is 3. The van der Waals surface area contributed by atoms with Crippen LogP contribution in [0.15, 0.2) is 40.9 Å². The van der Waals surface area contributed by atoms with Gasteiger partial charge in [-0.15, -0.1) is 0 Å². The van der Waals surface area contributed by atoms with Gasteiger partial charge in [0.15, 0.2) is 6.61 Å². The normalized spacial score (nSPS) is 11.7. The van der Waals surface area contributed by atoms with E-state index in [0.29, 0.717) is 27.8 Å². The largest absolute Gasteiger partial charge is 0.484 e. The van der Waals surface area contributed by atoms with Crippen LogP contribution in [0.25, 0.3) is 0 Å². The highest BCUT2D eigenvalue weighted by Gasteiger charge is 2.28. The fraction of sp³-hybridized carbons (Fsp3) is 0.333. The Kier molecular flexibility index (Phi) is 8.80. The Balaban J connectivity index is 2.23. The van der Waals surface area contributed by atoms with Gasteiger partial charge in [-0.25, -0.2) is 0 Å². The molecule has 0 aromatic heterocycles. The molecule has 156 valence electrons. The lowest BCUT2D eigenvalue weighted by molar-refractivity contribution is -0.142. The number of hydrogen-bond acceptors (Lipinski definition) is 3. The van der Waals surface area contributed by atoms with Gasteiger partial charge in [-0.2, -0.15) is 0 Å². The van der Waals surface area contributed by atoms with Gasteiger partial charge in [-0.05, 0) is 54.8 Å². The minimum atomic E-state index is -0.644. The van der Waals surface area contributed by atoms with Crippen LogP contribution < -0.4 is 10.1 Å². The van der Waals surface area contributed by atoms with Gasteiger partial charge in [0.05, 0.1) is 0 Å². The summed E-state index contributed by atoms with van der Waals surface area (Å²) in [7, 11) is 1.55. The summed E-state index contributed by atoms with van der Waals surface area (Å²) in [6.45, 7) is 3.76. The monoisotopic (exact) mass is 500 g/mol. The van der Waals surface area contributed by atoms with Gasteiger partial charge in [0.1, 0.15) is 11.8 Å². The summed E-state index contributed by atoms with van der Waals surface area (Å²) in [5.41, 5.74) is 1.70. The molecule has 8 heteroatoms. The van der Waals surface area contributed by atoms with E-state index in [1.807, 2.05) is 26.0 Å². The number of ether oxygens (including phenoxy) is 1. The molecule has 5 nitrogen and oxygen atoms in total. The first-order chi connectivity index (χ1) is 13.8. The molecule has 0 bridgehead atoms. The first-order valence-corrected chi connectivity index (χ1v) is 10.7. The number of hydrogen-bond donors (Lipinski definition) is 1. The van der Waals surface area contributed by atoms with Gasteiger partial charge in [0.25, 0.3) is 5.91 Å². The van der Waals surface area contributed by atoms with E-state index in [1.54, 1.807) is 31.3 Å². The number of nitrogens with one attached hydrogen (secondary N) is 1. The smallest absolute Gasteiger partial charge is 0.261 e. The molecular formula is C21H23BrCl2N2O3. The molecule has 0 radical (unpaired) electrons. The number of aryl methyl sites for hydroxylation is 1. The molecule has 2 amide bonds. The van der Waals surface area contributed by atoms with E-state index in [4.69, 9.17) is 27.9 Å². The lowest BCUT2D eigenvalue weighted by Crippen LogP contribution is -2.49. The third-order valence-electron chi connectivity index (χ3n) is 4.48. The SMILES string of the molecule is CC[C@@H](C(=O)NC)N(Cc1ccc(Cl)cc1Cl)C(=O)COc1ccc(Br)c(C)c1. The van der Waals surface area contributed by atoms with Gasteiger partial charge in [0.2, 0.25) is 5.91 Å². The highest BCUT2D eigenvalue weighted by Crippen LogP contribution is 2.24. The van der Waals surface area contributed by atoms with Crippen molar-refractivity contribution in [1.29, 1.82) is 0 Å². The molecule has 0 spiro atoms. The third kappa shape index (κ3) is 6.36. The zero-order valence-electron chi connectivity index (χ0n) is 16.5. The fourth-order valence-electron chi connectivity index (χ4n) is 2.85. The lowest BCUT2D eigenvalue weighted by atomic mass is 10.1. The molecule has 2 rings (SSSR count). The van der Waals surface area contributed by atoms with Crippen LogP contribution in [-0.2, 0) is 16.1 Å². The van der Waals surface area contributed by atoms with Crippen LogP contribution in [0.4, 0.5) is 0 Å². The maximum Gasteiger partial charge on any atom is 0.261 e. The summed E-state index contributed by atoms with van der Waals surface area (Å²) in [6, 6.07) is 9.90. The minimum Gasteiger partial charge on any atom is -0.484 e. The first-order valence-electron chi connectivity index (χ1n) is 9.10. The summed E-state index contributed by atoms with van der Waals surface area (Å²) >= 11 is 15.7. The van der Waals surface area contributed by atoms with Crippen molar-refractivity contribution in [2.24, 2.45) is 0 Å². The zero-order valence-corrected chi connectivity index (χ0v) is 19.6. The second-order valence-electron chi connectivity index (χ2n) is 6.50. The van der Waals surface area contributed by atoms with Crippen molar-refractivity contribution in [3.8, 4) is 5.75 Å². The van der Waals surface area contributed by atoms with E-state index in [-0.39, 0.29) is 25.0 Å². The number of carbonyl (C=O) groups excluding carboxylic acids is 2. The van der Waals surface area contributed by atoms with Crippen LogP contribution in [0, 0.1) is 6.92 Å². The van der Waals surface area contributed by atoms with Crippen LogP contribution in [0.2, 0.25) is 10.0 Å². The summed E-state index contributed by atoms with van der Waals surface area (Å²) < 4.78 is 6.64. The van der Waals surface area contributed by atoms with Gasteiger partial charge in [0, 0.05) is 28.1 Å². The molecule has 0 saturated carbocycles. The van der Waals surface area contributed by atoms with Crippen molar-refractivity contribution in [3.05, 3.63) is 62.0 Å². The Hall–Kier alpha value is -1.76. The fourth-order valence-corrected chi connectivity index (χ4v) is 3.57. The van der Waals surface area contributed by atoms with Crippen LogP contribution in [0.5, 0.6) is 5.75 Å². The third-order valence-corrected chi connectivity index (χ3v) is 5.96. The van der Waals surface area contributed by atoms with Crippen molar-refractivity contribution >= 4 is 50.9 Å². The number of nitrogens with zero attached hydrogens (tertiary/aromatic N) is 1. The van der Waals surface area contributed by atoms with Gasteiger partial charge >= 0.3 is 0 Å². The molecule has 0 fully saturated rings. The summed E-state index contributed by atoms with van der Waals surface area (Å²) in [5.74, 6) is 0.0222. The lowest BCUT2D eigenvalue weighted by Gasteiger charge is -2.30. The minimum absolute atomic E-state index is 0.170. The van der Waals surface area contributed by atoms with Gasteiger partial charge in [-0.1, -0.05) is 52.1 Å². The highest BCUT2D eigenvalue weighted by molar-refractivity contribution is 9.10. The molecule has 0 unspecified atom stereocenters. The number of benzene rings is 2.